The predicted octanol–water partition coefficient (Wildman–Crippen LogP) is 6.74. The van der Waals surface area contributed by atoms with Crippen LogP contribution in [0, 0.1) is 23.7 Å². The number of benzene rings is 1. The average molecular weight is 491 g/mol. The highest BCUT2D eigenvalue weighted by atomic mass is 16.6. The zero-order chi connectivity index (χ0) is 23.6. The minimum atomic E-state index is 0.293. The first-order chi connectivity index (χ1) is 17.8. The van der Waals surface area contributed by atoms with Crippen LogP contribution in [0.4, 0.5) is 5.69 Å². The van der Waals surface area contributed by atoms with Gasteiger partial charge in [0, 0.05) is 29.6 Å². The van der Waals surface area contributed by atoms with Crippen LogP contribution in [0.2, 0.25) is 0 Å². The molecule has 36 heavy (non-hydrogen) atoms. The summed E-state index contributed by atoms with van der Waals surface area (Å²) in [4.78, 5) is 2.94. The van der Waals surface area contributed by atoms with Gasteiger partial charge in [0.25, 0.3) is 0 Å². The number of hydrogen-bond acceptors (Lipinski definition) is 4. The summed E-state index contributed by atoms with van der Waals surface area (Å²) in [5.41, 5.74) is 3.24. The highest BCUT2D eigenvalue weighted by Gasteiger charge is 2.53. The van der Waals surface area contributed by atoms with Gasteiger partial charge < -0.3 is 14.4 Å². The molecule has 0 bridgehead atoms. The molecule has 4 heteroatoms. The predicted molar refractivity (Wildman–Crippen MR) is 143 cm³/mol. The van der Waals surface area contributed by atoms with Gasteiger partial charge in [-0.3, -0.25) is 5.32 Å². The lowest BCUT2D eigenvalue weighted by atomic mass is 9.69. The summed E-state index contributed by atoms with van der Waals surface area (Å²) in [6.45, 7) is 0. The maximum atomic E-state index is 6.85. The van der Waals surface area contributed by atoms with E-state index in [1.165, 1.54) is 96.3 Å². The van der Waals surface area contributed by atoms with E-state index in [-0.39, 0.29) is 0 Å². The van der Waals surface area contributed by atoms with Gasteiger partial charge in [0.15, 0.2) is 0 Å². The number of hydrogen-bond donors (Lipinski definition) is 1. The Kier molecular flexibility index (Phi) is 5.89. The Bertz CT molecular complexity index is 940. The van der Waals surface area contributed by atoms with Gasteiger partial charge >= 0.3 is 0 Å². The molecule has 0 spiro atoms. The van der Waals surface area contributed by atoms with Gasteiger partial charge in [-0.2, -0.15) is 0 Å². The van der Waals surface area contributed by atoms with Crippen molar-refractivity contribution in [3.63, 3.8) is 0 Å². The minimum absolute atomic E-state index is 0.293. The van der Waals surface area contributed by atoms with Crippen LogP contribution >= 0.6 is 0 Å². The Morgan fingerprint density at radius 2 is 1.47 bits per heavy atom. The maximum Gasteiger partial charge on any atom is 0.115 e. The topological polar surface area (TPSA) is 33.7 Å². The number of ether oxygens (including phenoxy) is 2. The molecule has 3 aliphatic heterocycles. The SMILES string of the molecule is c1ccc2c(c1)C1CCCCC1N2C1CCC2OC3CC(C4NC(C5CCCCC5)O4)CCC3C2C1. The molecule has 4 aliphatic carbocycles. The van der Waals surface area contributed by atoms with Crippen molar-refractivity contribution >= 4 is 5.69 Å². The molecule has 0 amide bonds. The molecule has 1 aromatic carbocycles. The molecule has 4 saturated carbocycles. The molecule has 2 saturated heterocycles. The molecular formula is C32H46N2O2. The summed E-state index contributed by atoms with van der Waals surface area (Å²) >= 11 is 0. The van der Waals surface area contributed by atoms with Gasteiger partial charge in [-0.05, 0) is 93.6 Å². The summed E-state index contributed by atoms with van der Waals surface area (Å²) in [6.07, 6.45) is 22.0. The van der Waals surface area contributed by atoms with Crippen molar-refractivity contribution in [2.75, 3.05) is 4.90 Å². The molecule has 10 atom stereocenters. The number of anilines is 1. The number of para-hydroxylation sites is 1. The lowest BCUT2D eigenvalue weighted by Crippen LogP contribution is -2.62. The van der Waals surface area contributed by atoms with Crippen LogP contribution in [0.25, 0.3) is 0 Å². The fourth-order valence-electron chi connectivity index (χ4n) is 10.1. The highest BCUT2D eigenvalue weighted by molar-refractivity contribution is 5.63. The summed E-state index contributed by atoms with van der Waals surface area (Å²) in [6, 6.07) is 10.9. The van der Waals surface area contributed by atoms with Crippen molar-refractivity contribution < 1.29 is 9.47 Å². The molecule has 3 heterocycles. The molecule has 1 aromatic rings. The molecule has 4 nitrogen and oxygen atoms in total. The molecule has 7 aliphatic rings. The summed E-state index contributed by atoms with van der Waals surface area (Å²) in [5.74, 6) is 3.74. The van der Waals surface area contributed by atoms with Gasteiger partial charge in [-0.25, -0.2) is 0 Å². The number of rotatable bonds is 3. The standard InChI is InChI=1S/C32H46N2O2/c1-2-8-20(9-3-1)31-33-32(36-31)21-14-16-25-26-19-22(15-17-29(26)35-30(25)18-21)34-27-12-6-4-10-23(27)24-11-5-7-13-28(24)34/h4,6,10,12,20-22,24-26,28-33H,1-3,5,7-9,11,13-19H2. The third-order valence-corrected chi connectivity index (χ3v) is 11.8. The Balaban J connectivity index is 0.926. The van der Waals surface area contributed by atoms with Crippen LogP contribution in [0.1, 0.15) is 108 Å². The van der Waals surface area contributed by atoms with Crippen molar-refractivity contribution in [1.82, 2.24) is 5.32 Å². The minimum Gasteiger partial charge on any atom is -0.374 e. The molecule has 6 fully saturated rings. The first-order valence-electron chi connectivity index (χ1n) is 15.8. The van der Waals surface area contributed by atoms with Crippen LogP contribution < -0.4 is 10.2 Å². The Labute approximate surface area is 217 Å². The van der Waals surface area contributed by atoms with E-state index < -0.39 is 0 Å². The van der Waals surface area contributed by atoms with E-state index in [1.807, 2.05) is 0 Å². The highest BCUT2D eigenvalue weighted by Crippen LogP contribution is 2.54. The normalized spacial score (nSPS) is 46.4. The van der Waals surface area contributed by atoms with Crippen LogP contribution in [-0.2, 0) is 9.47 Å². The molecule has 8 rings (SSSR count). The van der Waals surface area contributed by atoms with Gasteiger partial charge in [0.1, 0.15) is 12.5 Å². The van der Waals surface area contributed by atoms with Crippen LogP contribution in [-0.4, -0.2) is 36.7 Å². The van der Waals surface area contributed by atoms with Crippen molar-refractivity contribution in [1.29, 1.82) is 0 Å². The van der Waals surface area contributed by atoms with Crippen molar-refractivity contribution in [3.05, 3.63) is 29.8 Å². The van der Waals surface area contributed by atoms with E-state index in [4.69, 9.17) is 9.47 Å². The Hall–Kier alpha value is -1.10. The second-order valence-electron chi connectivity index (χ2n) is 13.5. The molecule has 0 radical (unpaired) electrons. The summed E-state index contributed by atoms with van der Waals surface area (Å²) in [7, 11) is 0. The van der Waals surface area contributed by atoms with E-state index in [0.29, 0.717) is 36.6 Å². The van der Waals surface area contributed by atoms with Gasteiger partial charge in [-0.1, -0.05) is 50.3 Å². The summed E-state index contributed by atoms with van der Waals surface area (Å²) < 4.78 is 13.3. The van der Waals surface area contributed by atoms with E-state index >= 15 is 0 Å². The van der Waals surface area contributed by atoms with Gasteiger partial charge in [0.05, 0.1) is 12.2 Å². The number of nitrogens with one attached hydrogen (secondary N) is 1. The lowest BCUT2D eigenvalue weighted by molar-refractivity contribution is -0.220. The third-order valence-electron chi connectivity index (χ3n) is 11.8. The Morgan fingerprint density at radius 3 is 2.39 bits per heavy atom. The second-order valence-corrected chi connectivity index (χ2v) is 13.5. The number of fused-ring (bicyclic) bond motifs is 6. The van der Waals surface area contributed by atoms with Crippen LogP contribution in [0.3, 0.4) is 0 Å². The smallest absolute Gasteiger partial charge is 0.115 e. The molecule has 1 N–H and O–H groups in total. The second kappa shape index (κ2) is 9.27. The monoisotopic (exact) mass is 490 g/mol. The third kappa shape index (κ3) is 3.72. The summed E-state index contributed by atoms with van der Waals surface area (Å²) in [5, 5.41) is 3.86. The van der Waals surface area contributed by atoms with Gasteiger partial charge in [0.2, 0.25) is 0 Å². The fraction of sp³-hybridized carbons (Fsp3) is 0.812. The van der Waals surface area contributed by atoms with Crippen LogP contribution in [0.15, 0.2) is 24.3 Å². The van der Waals surface area contributed by atoms with Crippen molar-refractivity contribution in [2.45, 2.75) is 139 Å². The van der Waals surface area contributed by atoms with Gasteiger partial charge in [-0.15, -0.1) is 0 Å². The fourth-order valence-corrected chi connectivity index (χ4v) is 10.1. The van der Waals surface area contributed by atoms with E-state index in [0.717, 1.165) is 29.7 Å². The largest absolute Gasteiger partial charge is 0.374 e. The average Bonchev–Trinajstić information content (AvgIpc) is 3.43. The first-order valence-corrected chi connectivity index (χ1v) is 15.8. The number of nitrogens with zero attached hydrogens (tertiary/aromatic N) is 1. The molecule has 196 valence electrons. The maximum absolute atomic E-state index is 6.85. The lowest BCUT2D eigenvalue weighted by Gasteiger charge is -2.48. The van der Waals surface area contributed by atoms with Crippen molar-refractivity contribution in [3.8, 4) is 0 Å². The van der Waals surface area contributed by atoms with Crippen LogP contribution in [0.5, 0.6) is 0 Å². The van der Waals surface area contributed by atoms with E-state index in [1.54, 1.807) is 11.3 Å². The van der Waals surface area contributed by atoms with E-state index in [9.17, 15) is 0 Å². The van der Waals surface area contributed by atoms with E-state index in [2.05, 4.69) is 34.5 Å². The quantitative estimate of drug-likeness (QED) is 0.509. The molecule has 10 unspecified atom stereocenters. The first kappa shape index (κ1) is 22.8. The molecule has 0 aromatic heterocycles. The van der Waals surface area contributed by atoms with Crippen molar-refractivity contribution in [2.24, 2.45) is 23.7 Å². The zero-order valence-corrected chi connectivity index (χ0v) is 22.0. The Morgan fingerprint density at radius 1 is 0.667 bits per heavy atom. The zero-order valence-electron chi connectivity index (χ0n) is 22.0. The molecular weight excluding hydrogens is 444 g/mol.